The van der Waals surface area contributed by atoms with Crippen molar-refractivity contribution >= 4 is 11.2 Å². The highest BCUT2D eigenvalue weighted by molar-refractivity contribution is 5.75. The zero-order valence-electron chi connectivity index (χ0n) is 11.3. The average molecular weight is 268 g/mol. The van der Waals surface area contributed by atoms with Gasteiger partial charge in [-0.05, 0) is 30.7 Å². The van der Waals surface area contributed by atoms with Crippen molar-refractivity contribution in [3.63, 3.8) is 0 Å². The van der Waals surface area contributed by atoms with Crippen LogP contribution in [0.2, 0.25) is 0 Å². The van der Waals surface area contributed by atoms with Crippen LogP contribution in [-0.2, 0) is 6.54 Å². The first-order chi connectivity index (χ1) is 9.79. The molecule has 5 heteroatoms. The number of rotatable bonds is 4. The van der Waals surface area contributed by atoms with Crippen molar-refractivity contribution in [1.29, 1.82) is 0 Å². The summed E-state index contributed by atoms with van der Waals surface area (Å²) in [6.07, 6.45) is 5.49. The maximum atomic E-state index is 11.9. The molecule has 0 aliphatic carbocycles. The van der Waals surface area contributed by atoms with Crippen LogP contribution >= 0.6 is 0 Å². The van der Waals surface area contributed by atoms with Crippen molar-refractivity contribution in [2.75, 3.05) is 0 Å². The van der Waals surface area contributed by atoms with Gasteiger partial charge in [0.05, 0.1) is 11.2 Å². The second kappa shape index (κ2) is 5.28. The van der Waals surface area contributed by atoms with Crippen molar-refractivity contribution in [2.45, 2.75) is 26.3 Å². The average Bonchev–Trinajstić information content (AvgIpc) is 2.80. The van der Waals surface area contributed by atoms with E-state index in [1.54, 1.807) is 17.0 Å². The van der Waals surface area contributed by atoms with Gasteiger partial charge in [0, 0.05) is 24.5 Å². The predicted molar refractivity (Wildman–Crippen MR) is 78.5 cm³/mol. The minimum atomic E-state index is -0.0900. The van der Waals surface area contributed by atoms with Crippen LogP contribution in [0.25, 0.3) is 22.4 Å². The number of aromatic amines is 1. The van der Waals surface area contributed by atoms with E-state index in [2.05, 4.69) is 21.9 Å². The predicted octanol–water partition coefficient (Wildman–Crippen LogP) is 2.59. The fraction of sp³-hybridized carbons (Fsp3) is 0.267. The number of hydrogen-bond acceptors (Lipinski definition) is 3. The highest BCUT2D eigenvalue weighted by Gasteiger charge is 2.09. The molecule has 3 aromatic rings. The summed E-state index contributed by atoms with van der Waals surface area (Å²) in [5, 5.41) is 0. The van der Waals surface area contributed by atoms with E-state index in [-0.39, 0.29) is 5.69 Å². The molecule has 0 atom stereocenters. The van der Waals surface area contributed by atoms with Gasteiger partial charge in [0.15, 0.2) is 5.65 Å². The van der Waals surface area contributed by atoms with Gasteiger partial charge in [0.2, 0.25) is 0 Å². The van der Waals surface area contributed by atoms with Gasteiger partial charge >= 0.3 is 5.69 Å². The van der Waals surface area contributed by atoms with Crippen LogP contribution in [0.15, 0.2) is 41.5 Å². The van der Waals surface area contributed by atoms with Gasteiger partial charge in [-0.25, -0.2) is 9.78 Å². The van der Waals surface area contributed by atoms with Crippen molar-refractivity contribution in [3.8, 4) is 11.3 Å². The maximum Gasteiger partial charge on any atom is 0.327 e. The van der Waals surface area contributed by atoms with Crippen molar-refractivity contribution in [3.05, 3.63) is 47.1 Å². The fourth-order valence-electron chi connectivity index (χ4n) is 2.24. The third-order valence-electron chi connectivity index (χ3n) is 3.33. The van der Waals surface area contributed by atoms with Crippen molar-refractivity contribution < 1.29 is 0 Å². The summed E-state index contributed by atoms with van der Waals surface area (Å²) < 4.78 is 1.71. The maximum absolute atomic E-state index is 11.9. The molecule has 3 aromatic heterocycles. The summed E-state index contributed by atoms with van der Waals surface area (Å²) in [4.78, 5) is 23.4. The molecule has 0 fully saturated rings. The van der Waals surface area contributed by atoms with E-state index in [4.69, 9.17) is 0 Å². The number of aromatic nitrogens is 4. The summed E-state index contributed by atoms with van der Waals surface area (Å²) in [5.74, 6) is 0. The largest absolute Gasteiger partial charge is 0.327 e. The van der Waals surface area contributed by atoms with Crippen LogP contribution < -0.4 is 5.69 Å². The van der Waals surface area contributed by atoms with Gasteiger partial charge in [0.1, 0.15) is 0 Å². The Balaban J connectivity index is 2.12. The number of H-pyrrole nitrogens is 1. The minimum Gasteiger partial charge on any atom is -0.304 e. The van der Waals surface area contributed by atoms with E-state index < -0.39 is 0 Å². The Labute approximate surface area is 116 Å². The van der Waals surface area contributed by atoms with E-state index in [9.17, 15) is 4.79 Å². The van der Waals surface area contributed by atoms with Crippen molar-refractivity contribution in [1.82, 2.24) is 19.5 Å². The summed E-state index contributed by atoms with van der Waals surface area (Å²) in [6.45, 7) is 2.80. The highest BCUT2D eigenvalue weighted by Crippen LogP contribution is 2.18. The normalized spacial score (nSPS) is 11.1. The second-order valence-corrected chi connectivity index (χ2v) is 4.74. The number of nitrogens with zero attached hydrogens (tertiary/aromatic N) is 3. The molecule has 3 heterocycles. The standard InChI is InChI=1S/C15H16N4O/c1-2-3-10-19-14-13(18-15(19)20)5-4-12(17-14)11-6-8-16-9-7-11/h4-9H,2-3,10H2,1H3,(H,18,20). The molecule has 3 rings (SSSR count). The minimum absolute atomic E-state index is 0.0900. The number of unbranched alkanes of at least 4 members (excludes halogenated alkanes) is 1. The van der Waals surface area contributed by atoms with Crippen LogP contribution in [0, 0.1) is 0 Å². The molecule has 0 aromatic carbocycles. The summed E-state index contributed by atoms with van der Waals surface area (Å²) >= 11 is 0. The molecule has 0 amide bonds. The second-order valence-electron chi connectivity index (χ2n) is 4.74. The molecule has 0 spiro atoms. The number of nitrogens with one attached hydrogen (secondary N) is 1. The van der Waals surface area contributed by atoms with E-state index >= 15 is 0 Å². The Bertz CT molecular complexity index is 773. The molecule has 0 saturated carbocycles. The summed E-state index contributed by atoms with van der Waals surface area (Å²) in [5.41, 5.74) is 3.26. The third-order valence-corrected chi connectivity index (χ3v) is 3.33. The monoisotopic (exact) mass is 268 g/mol. The topological polar surface area (TPSA) is 63.6 Å². The van der Waals surface area contributed by atoms with E-state index in [0.29, 0.717) is 6.54 Å². The molecule has 0 bridgehead atoms. The first kappa shape index (κ1) is 12.6. The summed E-state index contributed by atoms with van der Waals surface area (Å²) in [6, 6.07) is 7.64. The molecule has 5 nitrogen and oxygen atoms in total. The summed E-state index contributed by atoms with van der Waals surface area (Å²) in [7, 11) is 0. The number of aryl methyl sites for hydroxylation is 1. The number of pyridine rings is 2. The number of hydrogen-bond donors (Lipinski definition) is 1. The molecule has 20 heavy (non-hydrogen) atoms. The van der Waals surface area contributed by atoms with Gasteiger partial charge in [-0.15, -0.1) is 0 Å². The van der Waals surface area contributed by atoms with Gasteiger partial charge in [0.25, 0.3) is 0 Å². The third kappa shape index (κ3) is 2.22. The van der Waals surface area contributed by atoms with E-state index in [1.165, 1.54) is 0 Å². The molecule has 0 radical (unpaired) electrons. The van der Waals surface area contributed by atoms with E-state index in [0.717, 1.165) is 35.3 Å². The van der Waals surface area contributed by atoms with Gasteiger partial charge in [-0.1, -0.05) is 13.3 Å². The Kier molecular flexibility index (Phi) is 3.33. The molecular formula is C15H16N4O. The van der Waals surface area contributed by atoms with Gasteiger partial charge in [-0.3, -0.25) is 9.55 Å². The lowest BCUT2D eigenvalue weighted by Gasteiger charge is -2.03. The zero-order valence-corrected chi connectivity index (χ0v) is 11.3. The van der Waals surface area contributed by atoms with Gasteiger partial charge in [-0.2, -0.15) is 0 Å². The molecule has 0 aliphatic rings. The van der Waals surface area contributed by atoms with Crippen LogP contribution in [0.4, 0.5) is 0 Å². The highest BCUT2D eigenvalue weighted by atomic mass is 16.1. The first-order valence-corrected chi connectivity index (χ1v) is 6.79. The number of fused-ring (bicyclic) bond motifs is 1. The lowest BCUT2D eigenvalue weighted by molar-refractivity contribution is 0.625. The quantitative estimate of drug-likeness (QED) is 0.791. The first-order valence-electron chi connectivity index (χ1n) is 6.79. The molecule has 1 N–H and O–H groups in total. The smallest absolute Gasteiger partial charge is 0.304 e. The van der Waals surface area contributed by atoms with Gasteiger partial charge < -0.3 is 4.98 Å². The SMILES string of the molecule is CCCCn1c(=O)[nH]c2ccc(-c3ccncc3)nc21. The van der Waals surface area contributed by atoms with E-state index in [1.807, 2.05) is 24.3 Å². The van der Waals surface area contributed by atoms with Crippen LogP contribution in [0.5, 0.6) is 0 Å². The van der Waals surface area contributed by atoms with Crippen LogP contribution in [-0.4, -0.2) is 19.5 Å². The van der Waals surface area contributed by atoms with Crippen LogP contribution in [0.3, 0.4) is 0 Å². The fourth-order valence-corrected chi connectivity index (χ4v) is 2.24. The van der Waals surface area contributed by atoms with Crippen LogP contribution in [0.1, 0.15) is 19.8 Å². The Morgan fingerprint density at radius 1 is 1.20 bits per heavy atom. The Morgan fingerprint density at radius 3 is 2.75 bits per heavy atom. The lowest BCUT2D eigenvalue weighted by Crippen LogP contribution is -2.17. The molecule has 102 valence electrons. The lowest BCUT2D eigenvalue weighted by atomic mass is 10.2. The molecular weight excluding hydrogens is 252 g/mol. The molecule has 0 aliphatic heterocycles. The molecule has 0 unspecified atom stereocenters. The van der Waals surface area contributed by atoms with Crippen molar-refractivity contribution in [2.24, 2.45) is 0 Å². The Hall–Kier alpha value is -2.43. The Morgan fingerprint density at radius 2 is 2.00 bits per heavy atom. The zero-order chi connectivity index (χ0) is 13.9. The molecule has 0 saturated heterocycles. The number of imidazole rings is 1.